The van der Waals surface area contributed by atoms with Crippen LogP contribution in [0.3, 0.4) is 0 Å². The number of rotatable bonds is 7. The largest absolute Gasteiger partial charge is 0.490 e. The molecule has 1 atom stereocenters. The summed E-state index contributed by atoms with van der Waals surface area (Å²) in [6, 6.07) is 9.81. The fourth-order valence-corrected chi connectivity index (χ4v) is 6.41. The lowest BCUT2D eigenvalue weighted by molar-refractivity contribution is -0.129. The zero-order valence-electron chi connectivity index (χ0n) is 23.0. The fourth-order valence-electron chi connectivity index (χ4n) is 6.41. The third-order valence-electron chi connectivity index (χ3n) is 8.88. The number of likely N-dealkylation sites (tertiary alicyclic amines) is 2. The Kier molecular flexibility index (Phi) is 6.67. The standard InChI is InChI=1S/C30H37N5O4/c1-20(36)35-13-11-21(12-14-35)28-32-27(33-39-28)22-15-24(17-31-16-22)30(37,29(2)18-34(3)19-29)23-7-9-26(10-8-23)38-25-5-4-6-25/h7-10,15-17,21,25,37H,4-6,11-14,18-19H2,1-3H3. The van der Waals surface area contributed by atoms with Crippen molar-refractivity contribution in [2.45, 2.75) is 63.6 Å². The number of ether oxygens (including phenoxy) is 1. The van der Waals surface area contributed by atoms with Gasteiger partial charge >= 0.3 is 0 Å². The highest BCUT2D eigenvalue weighted by atomic mass is 16.5. The number of hydrogen-bond donors (Lipinski definition) is 1. The average Bonchev–Trinajstić information content (AvgIpc) is 3.40. The maximum Gasteiger partial charge on any atom is 0.230 e. The van der Waals surface area contributed by atoms with Crippen molar-refractivity contribution in [3.05, 3.63) is 59.7 Å². The number of pyridine rings is 1. The Morgan fingerprint density at radius 3 is 2.44 bits per heavy atom. The number of nitrogens with zero attached hydrogens (tertiary/aromatic N) is 5. The van der Waals surface area contributed by atoms with Crippen LogP contribution in [-0.4, -0.2) is 75.3 Å². The molecule has 3 aliphatic rings. The molecule has 2 aliphatic heterocycles. The minimum atomic E-state index is -1.27. The summed E-state index contributed by atoms with van der Waals surface area (Å²) in [6.07, 6.45) is 8.77. The Balaban J connectivity index is 1.28. The van der Waals surface area contributed by atoms with E-state index in [1.165, 1.54) is 6.42 Å². The van der Waals surface area contributed by atoms with Crippen LogP contribution in [0.5, 0.6) is 5.75 Å². The van der Waals surface area contributed by atoms with Crippen LogP contribution in [0.15, 0.2) is 47.2 Å². The summed E-state index contributed by atoms with van der Waals surface area (Å²) in [6.45, 7) is 6.61. The summed E-state index contributed by atoms with van der Waals surface area (Å²) in [4.78, 5) is 24.9. The lowest BCUT2D eigenvalue weighted by atomic mass is 9.62. The fraction of sp³-hybridized carbons (Fsp3) is 0.533. The second-order valence-corrected chi connectivity index (χ2v) is 11.8. The summed E-state index contributed by atoms with van der Waals surface area (Å²) in [5, 5.41) is 16.8. The summed E-state index contributed by atoms with van der Waals surface area (Å²) in [7, 11) is 2.06. The third-order valence-corrected chi connectivity index (χ3v) is 8.88. The molecule has 3 fully saturated rings. The van der Waals surface area contributed by atoms with Gasteiger partial charge in [0, 0.05) is 68.0 Å². The maximum absolute atomic E-state index is 12.5. The van der Waals surface area contributed by atoms with Gasteiger partial charge in [-0.05, 0) is 62.9 Å². The number of carbonyl (C=O) groups excluding carboxylic acids is 1. The quantitative estimate of drug-likeness (QED) is 0.488. The van der Waals surface area contributed by atoms with Crippen LogP contribution in [0.1, 0.15) is 68.9 Å². The maximum atomic E-state index is 12.5. The molecule has 3 aromatic rings. The van der Waals surface area contributed by atoms with Crippen molar-refractivity contribution in [1.29, 1.82) is 0 Å². The van der Waals surface area contributed by atoms with Crippen molar-refractivity contribution in [1.82, 2.24) is 24.9 Å². The SMILES string of the molecule is CC(=O)N1CCC(c2nc(-c3cncc(C(O)(c4ccc(OC5CCC5)cc4)C4(C)CN(C)C4)c3)no2)CC1. The zero-order chi connectivity index (χ0) is 27.2. The van der Waals surface area contributed by atoms with Crippen LogP contribution in [-0.2, 0) is 10.4 Å². The van der Waals surface area contributed by atoms with Crippen LogP contribution in [0.25, 0.3) is 11.4 Å². The number of piperidine rings is 1. The summed E-state index contributed by atoms with van der Waals surface area (Å²) >= 11 is 0. The average molecular weight is 532 g/mol. The van der Waals surface area contributed by atoms with Crippen LogP contribution in [0.4, 0.5) is 0 Å². The highest BCUT2D eigenvalue weighted by Crippen LogP contribution is 2.50. The molecule has 1 N–H and O–H groups in total. The summed E-state index contributed by atoms with van der Waals surface area (Å²) < 4.78 is 11.7. The van der Waals surface area contributed by atoms with Gasteiger partial charge in [-0.2, -0.15) is 4.98 Å². The van der Waals surface area contributed by atoms with Crippen LogP contribution in [0.2, 0.25) is 0 Å². The molecular weight excluding hydrogens is 494 g/mol. The third kappa shape index (κ3) is 4.72. The molecule has 0 spiro atoms. The van der Waals surface area contributed by atoms with Crippen LogP contribution < -0.4 is 4.74 Å². The van der Waals surface area contributed by atoms with Crippen molar-refractivity contribution in [2.24, 2.45) is 5.41 Å². The first-order chi connectivity index (χ1) is 18.7. The first-order valence-electron chi connectivity index (χ1n) is 14.0. The smallest absolute Gasteiger partial charge is 0.230 e. The molecule has 206 valence electrons. The monoisotopic (exact) mass is 531 g/mol. The first kappa shape index (κ1) is 26.0. The Morgan fingerprint density at radius 1 is 1.10 bits per heavy atom. The number of carbonyl (C=O) groups is 1. The predicted molar refractivity (Wildman–Crippen MR) is 145 cm³/mol. The molecule has 9 nitrogen and oxygen atoms in total. The van der Waals surface area contributed by atoms with E-state index >= 15 is 0 Å². The van der Waals surface area contributed by atoms with E-state index in [1.807, 2.05) is 35.2 Å². The Hall–Kier alpha value is -3.30. The summed E-state index contributed by atoms with van der Waals surface area (Å²) in [5.74, 6) is 2.10. The van der Waals surface area contributed by atoms with Crippen molar-refractivity contribution in [3.8, 4) is 17.1 Å². The summed E-state index contributed by atoms with van der Waals surface area (Å²) in [5.41, 5.74) is 0.520. The number of aromatic nitrogens is 3. The second-order valence-electron chi connectivity index (χ2n) is 11.8. The van der Waals surface area contributed by atoms with E-state index in [2.05, 4.69) is 29.0 Å². The van der Waals surface area contributed by atoms with E-state index in [9.17, 15) is 9.90 Å². The van der Waals surface area contributed by atoms with E-state index in [0.717, 1.165) is 50.1 Å². The van der Waals surface area contributed by atoms with Gasteiger partial charge in [0.1, 0.15) is 11.4 Å². The van der Waals surface area contributed by atoms with Gasteiger partial charge in [-0.3, -0.25) is 9.78 Å². The molecule has 1 aromatic carbocycles. The van der Waals surface area contributed by atoms with Crippen molar-refractivity contribution >= 4 is 5.91 Å². The molecule has 9 heteroatoms. The van der Waals surface area contributed by atoms with Gasteiger partial charge in [0.25, 0.3) is 0 Å². The van der Waals surface area contributed by atoms with E-state index in [0.29, 0.717) is 42.0 Å². The normalized spacial score (nSPS) is 21.6. The van der Waals surface area contributed by atoms with E-state index in [-0.39, 0.29) is 11.8 Å². The highest BCUT2D eigenvalue weighted by molar-refractivity contribution is 5.73. The molecule has 0 bridgehead atoms. The van der Waals surface area contributed by atoms with Gasteiger partial charge in [-0.25, -0.2) is 0 Å². The van der Waals surface area contributed by atoms with E-state index in [1.54, 1.807) is 19.3 Å². The van der Waals surface area contributed by atoms with Crippen molar-refractivity contribution in [2.75, 3.05) is 33.2 Å². The lowest BCUT2D eigenvalue weighted by Gasteiger charge is -2.55. The molecule has 1 aliphatic carbocycles. The topological polar surface area (TPSA) is 105 Å². The van der Waals surface area contributed by atoms with Gasteiger partial charge in [0.15, 0.2) is 0 Å². The highest BCUT2D eigenvalue weighted by Gasteiger charge is 2.55. The lowest BCUT2D eigenvalue weighted by Crippen LogP contribution is -2.63. The molecule has 2 aromatic heterocycles. The minimum Gasteiger partial charge on any atom is -0.490 e. The van der Waals surface area contributed by atoms with Gasteiger partial charge in [-0.15, -0.1) is 0 Å². The molecule has 39 heavy (non-hydrogen) atoms. The molecule has 0 radical (unpaired) electrons. The van der Waals surface area contributed by atoms with E-state index < -0.39 is 11.0 Å². The minimum absolute atomic E-state index is 0.0990. The number of amides is 1. The van der Waals surface area contributed by atoms with Gasteiger partial charge < -0.3 is 24.2 Å². The predicted octanol–water partition coefficient (Wildman–Crippen LogP) is 3.98. The van der Waals surface area contributed by atoms with Gasteiger partial charge in [0.2, 0.25) is 17.6 Å². The van der Waals surface area contributed by atoms with Gasteiger partial charge in [-0.1, -0.05) is 24.2 Å². The molecule has 1 amide bonds. The second kappa shape index (κ2) is 10.0. The van der Waals surface area contributed by atoms with Crippen molar-refractivity contribution in [3.63, 3.8) is 0 Å². The molecule has 6 rings (SSSR count). The van der Waals surface area contributed by atoms with Crippen molar-refractivity contribution < 1.29 is 19.2 Å². The van der Waals surface area contributed by atoms with Crippen LogP contribution in [0, 0.1) is 5.41 Å². The van der Waals surface area contributed by atoms with Gasteiger partial charge in [0.05, 0.1) is 6.10 Å². The van der Waals surface area contributed by atoms with E-state index in [4.69, 9.17) is 14.2 Å². The molecule has 1 unspecified atom stereocenters. The molecule has 2 saturated heterocycles. The Labute approximate surface area is 229 Å². The Bertz CT molecular complexity index is 1320. The van der Waals surface area contributed by atoms with Crippen LogP contribution >= 0.6 is 0 Å². The molecule has 4 heterocycles. The zero-order valence-corrected chi connectivity index (χ0v) is 23.0. The number of hydrogen-bond acceptors (Lipinski definition) is 8. The first-order valence-corrected chi connectivity index (χ1v) is 14.0. The number of aliphatic hydroxyl groups is 1. The number of benzene rings is 1. The molecular formula is C30H37N5O4. The molecule has 1 saturated carbocycles. The Morgan fingerprint density at radius 2 is 1.82 bits per heavy atom.